The number of ether oxygens (including phenoxy) is 1. The standard InChI is InChI=1S/C19H26N2O2/c1-3-12-21-14-5-11-19(21)10-4-13-20(15-19)18(22)16-6-8-17(23-2)9-7-16/h3,6-9H,1,4-5,10-15H2,2H3/t19-/m0/s1. The maximum Gasteiger partial charge on any atom is 0.253 e. The Hall–Kier alpha value is -1.81. The van der Waals surface area contributed by atoms with Crippen LogP contribution >= 0.6 is 0 Å². The van der Waals surface area contributed by atoms with Crippen molar-refractivity contribution in [1.82, 2.24) is 9.80 Å². The molecule has 3 rings (SSSR count). The highest BCUT2D eigenvalue weighted by Crippen LogP contribution is 2.37. The third kappa shape index (κ3) is 3.13. The number of carbonyl (C=O) groups is 1. The van der Waals surface area contributed by atoms with Crippen molar-refractivity contribution in [3.8, 4) is 5.75 Å². The summed E-state index contributed by atoms with van der Waals surface area (Å²) in [5.41, 5.74) is 0.908. The highest BCUT2D eigenvalue weighted by atomic mass is 16.5. The Kier molecular flexibility index (Phi) is 4.71. The minimum absolute atomic E-state index is 0.136. The fraction of sp³-hybridized carbons (Fsp3) is 0.526. The number of rotatable bonds is 4. The summed E-state index contributed by atoms with van der Waals surface area (Å²) in [4.78, 5) is 17.4. The zero-order chi connectivity index (χ0) is 16.3. The van der Waals surface area contributed by atoms with Crippen molar-refractivity contribution in [3.05, 3.63) is 42.5 Å². The molecule has 0 N–H and O–H groups in total. The lowest BCUT2D eigenvalue weighted by molar-refractivity contribution is 0.0367. The van der Waals surface area contributed by atoms with E-state index in [9.17, 15) is 4.79 Å². The van der Waals surface area contributed by atoms with Gasteiger partial charge in [-0.3, -0.25) is 9.69 Å². The fourth-order valence-corrected chi connectivity index (χ4v) is 4.10. The van der Waals surface area contributed by atoms with Gasteiger partial charge in [0, 0.05) is 30.7 Å². The van der Waals surface area contributed by atoms with Crippen molar-refractivity contribution in [2.75, 3.05) is 33.3 Å². The van der Waals surface area contributed by atoms with E-state index in [-0.39, 0.29) is 11.4 Å². The largest absolute Gasteiger partial charge is 0.497 e. The maximum absolute atomic E-state index is 12.9. The fourth-order valence-electron chi connectivity index (χ4n) is 4.10. The molecule has 0 radical (unpaired) electrons. The van der Waals surface area contributed by atoms with Crippen LogP contribution in [0.4, 0.5) is 0 Å². The van der Waals surface area contributed by atoms with Crippen LogP contribution < -0.4 is 4.74 Å². The lowest BCUT2D eigenvalue weighted by Crippen LogP contribution is -2.56. The number of benzene rings is 1. The number of likely N-dealkylation sites (tertiary alicyclic amines) is 2. The first kappa shape index (κ1) is 16.1. The molecule has 2 saturated heterocycles. The van der Waals surface area contributed by atoms with Gasteiger partial charge in [0.05, 0.1) is 7.11 Å². The number of methoxy groups -OCH3 is 1. The first-order valence-electron chi connectivity index (χ1n) is 8.48. The summed E-state index contributed by atoms with van der Waals surface area (Å²) >= 11 is 0. The molecule has 1 aromatic rings. The lowest BCUT2D eigenvalue weighted by atomic mass is 9.86. The molecule has 124 valence electrons. The number of hydrogen-bond acceptors (Lipinski definition) is 3. The van der Waals surface area contributed by atoms with Crippen LogP contribution in [0.3, 0.4) is 0 Å². The molecule has 2 heterocycles. The molecule has 2 aliphatic heterocycles. The Morgan fingerprint density at radius 2 is 1.96 bits per heavy atom. The topological polar surface area (TPSA) is 32.8 Å². The van der Waals surface area contributed by atoms with Gasteiger partial charge in [0.2, 0.25) is 0 Å². The molecule has 0 aromatic heterocycles. The number of piperidine rings is 1. The average Bonchev–Trinajstić information content (AvgIpc) is 2.96. The molecule has 2 aliphatic rings. The third-order valence-corrected chi connectivity index (χ3v) is 5.27. The zero-order valence-corrected chi connectivity index (χ0v) is 14.0. The summed E-state index contributed by atoms with van der Waals surface area (Å²) in [7, 11) is 1.64. The lowest BCUT2D eigenvalue weighted by Gasteiger charge is -2.45. The minimum atomic E-state index is 0.136. The molecule has 2 fully saturated rings. The van der Waals surface area contributed by atoms with Gasteiger partial charge in [-0.25, -0.2) is 0 Å². The number of hydrogen-bond donors (Lipinski definition) is 0. The molecule has 0 saturated carbocycles. The highest BCUT2D eigenvalue weighted by Gasteiger charge is 2.44. The smallest absolute Gasteiger partial charge is 0.253 e. The van der Waals surface area contributed by atoms with Crippen LogP contribution in [0.1, 0.15) is 36.0 Å². The van der Waals surface area contributed by atoms with Crippen LogP contribution in [-0.2, 0) is 0 Å². The molecule has 4 heteroatoms. The predicted molar refractivity (Wildman–Crippen MR) is 91.9 cm³/mol. The van der Waals surface area contributed by atoms with Crippen molar-refractivity contribution < 1.29 is 9.53 Å². The first-order valence-corrected chi connectivity index (χ1v) is 8.48. The Labute approximate surface area is 138 Å². The van der Waals surface area contributed by atoms with Crippen LogP contribution in [0.15, 0.2) is 36.9 Å². The van der Waals surface area contributed by atoms with Crippen LogP contribution in [0, 0.1) is 0 Å². The number of carbonyl (C=O) groups excluding carboxylic acids is 1. The van der Waals surface area contributed by atoms with Gasteiger partial charge in [0.25, 0.3) is 5.91 Å². The summed E-state index contributed by atoms with van der Waals surface area (Å²) in [6.07, 6.45) is 6.66. The Morgan fingerprint density at radius 3 is 2.61 bits per heavy atom. The van der Waals surface area contributed by atoms with Crippen LogP contribution in [0.5, 0.6) is 5.75 Å². The van der Waals surface area contributed by atoms with Crippen LogP contribution in [-0.4, -0.2) is 54.5 Å². The van der Waals surface area contributed by atoms with Gasteiger partial charge in [0.15, 0.2) is 0 Å². The van der Waals surface area contributed by atoms with E-state index in [2.05, 4.69) is 11.5 Å². The van der Waals surface area contributed by atoms with E-state index in [0.717, 1.165) is 43.9 Å². The molecular formula is C19H26N2O2. The third-order valence-electron chi connectivity index (χ3n) is 5.27. The average molecular weight is 314 g/mol. The Morgan fingerprint density at radius 1 is 1.26 bits per heavy atom. The van der Waals surface area contributed by atoms with Crippen LogP contribution in [0.2, 0.25) is 0 Å². The molecule has 1 spiro atoms. The molecular weight excluding hydrogens is 288 g/mol. The van der Waals surface area contributed by atoms with Gasteiger partial charge < -0.3 is 9.64 Å². The molecule has 0 aliphatic carbocycles. The molecule has 0 unspecified atom stereocenters. The van der Waals surface area contributed by atoms with Gasteiger partial charge in [-0.2, -0.15) is 0 Å². The molecule has 0 bridgehead atoms. The Balaban J connectivity index is 1.74. The summed E-state index contributed by atoms with van der Waals surface area (Å²) in [5.74, 6) is 0.918. The predicted octanol–water partition coefficient (Wildman–Crippen LogP) is 2.95. The van der Waals surface area contributed by atoms with Crippen molar-refractivity contribution in [2.24, 2.45) is 0 Å². The highest BCUT2D eigenvalue weighted by molar-refractivity contribution is 5.94. The quantitative estimate of drug-likeness (QED) is 0.801. The van der Waals surface area contributed by atoms with E-state index in [1.807, 2.05) is 35.2 Å². The molecule has 23 heavy (non-hydrogen) atoms. The molecule has 1 amide bonds. The van der Waals surface area contributed by atoms with Crippen LogP contribution in [0.25, 0.3) is 0 Å². The normalized spacial score (nSPS) is 24.8. The minimum Gasteiger partial charge on any atom is -0.497 e. The van der Waals surface area contributed by atoms with E-state index >= 15 is 0 Å². The SMILES string of the molecule is C=CCN1CCC[C@]12CCCN(C(=O)c1ccc(OC)cc1)C2. The molecule has 4 nitrogen and oxygen atoms in total. The van der Waals surface area contributed by atoms with E-state index < -0.39 is 0 Å². The van der Waals surface area contributed by atoms with Gasteiger partial charge in [-0.1, -0.05) is 6.08 Å². The first-order chi connectivity index (χ1) is 11.2. The zero-order valence-electron chi connectivity index (χ0n) is 14.0. The summed E-state index contributed by atoms with van der Waals surface area (Å²) < 4.78 is 5.17. The van der Waals surface area contributed by atoms with E-state index in [0.29, 0.717) is 0 Å². The van der Waals surface area contributed by atoms with Crippen molar-refractivity contribution in [2.45, 2.75) is 31.2 Å². The Bertz CT molecular complexity index is 569. The summed E-state index contributed by atoms with van der Waals surface area (Å²) in [6.45, 7) is 7.62. The monoisotopic (exact) mass is 314 g/mol. The van der Waals surface area contributed by atoms with Gasteiger partial charge in [0.1, 0.15) is 5.75 Å². The van der Waals surface area contributed by atoms with E-state index in [1.165, 1.54) is 19.3 Å². The number of nitrogens with zero attached hydrogens (tertiary/aromatic N) is 2. The molecule has 1 atom stereocenters. The van der Waals surface area contributed by atoms with Crippen molar-refractivity contribution in [1.29, 1.82) is 0 Å². The van der Waals surface area contributed by atoms with Crippen molar-refractivity contribution >= 4 is 5.91 Å². The van der Waals surface area contributed by atoms with E-state index in [1.54, 1.807) is 7.11 Å². The van der Waals surface area contributed by atoms with Gasteiger partial charge in [-0.15, -0.1) is 6.58 Å². The second-order valence-electron chi connectivity index (χ2n) is 6.62. The number of amides is 1. The van der Waals surface area contributed by atoms with E-state index in [4.69, 9.17) is 4.74 Å². The van der Waals surface area contributed by atoms with Crippen molar-refractivity contribution in [3.63, 3.8) is 0 Å². The maximum atomic E-state index is 12.9. The second-order valence-corrected chi connectivity index (χ2v) is 6.62. The van der Waals surface area contributed by atoms with Gasteiger partial charge >= 0.3 is 0 Å². The summed E-state index contributed by atoms with van der Waals surface area (Å²) in [5, 5.41) is 0. The summed E-state index contributed by atoms with van der Waals surface area (Å²) in [6, 6.07) is 7.43. The second kappa shape index (κ2) is 6.75. The van der Waals surface area contributed by atoms with Gasteiger partial charge in [-0.05, 0) is 56.5 Å². The molecule has 1 aromatic carbocycles.